The highest BCUT2D eigenvalue weighted by Crippen LogP contribution is 2.14. The van der Waals surface area contributed by atoms with E-state index in [9.17, 15) is 4.79 Å². The lowest BCUT2D eigenvalue weighted by Gasteiger charge is -2.17. The number of anilines is 1. The predicted octanol–water partition coefficient (Wildman–Crippen LogP) is 1.97. The first-order valence-electron chi connectivity index (χ1n) is 6.16. The van der Waals surface area contributed by atoms with Gasteiger partial charge in [0.25, 0.3) is 0 Å². The van der Waals surface area contributed by atoms with Gasteiger partial charge in [-0.1, -0.05) is 30.3 Å². The molecule has 0 aliphatic carbocycles. The summed E-state index contributed by atoms with van der Waals surface area (Å²) in [7, 11) is 0. The highest BCUT2D eigenvalue weighted by molar-refractivity contribution is 7.09. The molecule has 7 heteroatoms. The fourth-order valence-corrected chi connectivity index (χ4v) is 2.41. The van der Waals surface area contributed by atoms with Crippen molar-refractivity contribution in [3.05, 3.63) is 41.7 Å². The molecule has 0 fully saturated rings. The molecule has 0 saturated carbocycles. The summed E-state index contributed by atoms with van der Waals surface area (Å²) in [6.07, 6.45) is -0.0782. The highest BCUT2D eigenvalue weighted by atomic mass is 32.1. The van der Waals surface area contributed by atoms with Crippen LogP contribution in [-0.4, -0.2) is 28.1 Å². The Kier molecular flexibility index (Phi) is 4.89. The third-order valence-electron chi connectivity index (χ3n) is 2.61. The average molecular weight is 292 g/mol. The number of nitrogens with one attached hydrogen (secondary N) is 1. The van der Waals surface area contributed by atoms with Crippen LogP contribution in [0.15, 0.2) is 30.3 Å². The second kappa shape index (κ2) is 6.85. The van der Waals surface area contributed by atoms with Gasteiger partial charge in [0, 0.05) is 11.5 Å². The van der Waals surface area contributed by atoms with E-state index >= 15 is 0 Å². The van der Waals surface area contributed by atoms with Gasteiger partial charge in [0.15, 0.2) is 0 Å². The molecule has 0 aliphatic heterocycles. The number of aryl methyl sites for hydroxylation is 1. The van der Waals surface area contributed by atoms with E-state index in [1.807, 2.05) is 37.3 Å². The molecule has 1 amide bonds. The largest absolute Gasteiger partial charge is 0.448 e. The maximum absolute atomic E-state index is 10.8. The Morgan fingerprint density at radius 1 is 1.45 bits per heavy atom. The maximum atomic E-state index is 10.8. The molecule has 0 radical (unpaired) electrons. The summed E-state index contributed by atoms with van der Waals surface area (Å²) in [5.74, 6) is 0.715. The van der Waals surface area contributed by atoms with E-state index in [0.717, 1.165) is 5.56 Å². The van der Waals surface area contributed by atoms with Gasteiger partial charge in [-0.25, -0.2) is 9.78 Å². The minimum absolute atomic E-state index is 0.0998. The van der Waals surface area contributed by atoms with Crippen LogP contribution in [0.2, 0.25) is 0 Å². The molecule has 1 heterocycles. The van der Waals surface area contributed by atoms with Crippen molar-refractivity contribution in [3.63, 3.8) is 0 Å². The van der Waals surface area contributed by atoms with Gasteiger partial charge in [0.2, 0.25) is 5.13 Å². The van der Waals surface area contributed by atoms with Crippen LogP contribution < -0.4 is 11.1 Å². The molecule has 1 unspecified atom stereocenters. The normalized spacial score (nSPS) is 11.8. The molecule has 106 valence electrons. The summed E-state index contributed by atoms with van der Waals surface area (Å²) in [4.78, 5) is 15.0. The third kappa shape index (κ3) is 4.51. The number of ether oxygens (including phenoxy) is 1. The van der Waals surface area contributed by atoms with E-state index in [0.29, 0.717) is 17.4 Å². The summed E-state index contributed by atoms with van der Waals surface area (Å²) < 4.78 is 9.00. The van der Waals surface area contributed by atoms with Gasteiger partial charge in [0.1, 0.15) is 12.4 Å². The number of hydrogen-bond donors (Lipinski definition) is 2. The van der Waals surface area contributed by atoms with Gasteiger partial charge in [-0.15, -0.1) is 0 Å². The van der Waals surface area contributed by atoms with Gasteiger partial charge in [-0.2, -0.15) is 4.37 Å². The molecule has 3 N–H and O–H groups in total. The van der Waals surface area contributed by atoms with Crippen molar-refractivity contribution in [2.24, 2.45) is 5.73 Å². The number of nitrogens with zero attached hydrogens (tertiary/aromatic N) is 2. The Balaban J connectivity index is 2.01. The monoisotopic (exact) mass is 292 g/mol. The lowest BCUT2D eigenvalue weighted by Crippen LogP contribution is -2.30. The van der Waals surface area contributed by atoms with E-state index in [4.69, 9.17) is 10.5 Å². The SMILES string of the molecule is Cc1nsc(NC(COC(N)=O)Cc2ccccc2)n1. The van der Waals surface area contributed by atoms with Crippen molar-refractivity contribution in [1.82, 2.24) is 9.36 Å². The molecule has 0 spiro atoms. The fraction of sp³-hybridized carbons (Fsp3) is 0.308. The average Bonchev–Trinajstić information content (AvgIpc) is 2.82. The Morgan fingerprint density at radius 2 is 2.20 bits per heavy atom. The molecule has 6 nitrogen and oxygen atoms in total. The second-order valence-electron chi connectivity index (χ2n) is 4.31. The topological polar surface area (TPSA) is 90.1 Å². The Bertz CT molecular complexity index is 559. The number of carbonyl (C=O) groups is 1. The number of amides is 1. The van der Waals surface area contributed by atoms with Crippen molar-refractivity contribution in [2.45, 2.75) is 19.4 Å². The number of nitrogens with two attached hydrogens (primary N) is 1. The number of rotatable bonds is 6. The van der Waals surface area contributed by atoms with Crippen LogP contribution in [0.5, 0.6) is 0 Å². The number of aromatic nitrogens is 2. The highest BCUT2D eigenvalue weighted by Gasteiger charge is 2.14. The van der Waals surface area contributed by atoms with Gasteiger partial charge in [-0.05, 0) is 18.9 Å². The molecular weight excluding hydrogens is 276 g/mol. The van der Waals surface area contributed by atoms with Crippen molar-refractivity contribution in [1.29, 1.82) is 0 Å². The van der Waals surface area contributed by atoms with Gasteiger partial charge < -0.3 is 15.8 Å². The van der Waals surface area contributed by atoms with Gasteiger partial charge >= 0.3 is 6.09 Å². The van der Waals surface area contributed by atoms with Crippen molar-refractivity contribution >= 4 is 22.8 Å². The van der Waals surface area contributed by atoms with E-state index < -0.39 is 6.09 Å². The Labute approximate surface area is 121 Å². The zero-order chi connectivity index (χ0) is 14.4. The molecular formula is C13H16N4O2S. The van der Waals surface area contributed by atoms with E-state index in [-0.39, 0.29) is 12.6 Å². The number of hydrogen-bond acceptors (Lipinski definition) is 6. The summed E-state index contributed by atoms with van der Waals surface area (Å²) in [5.41, 5.74) is 6.16. The molecule has 1 aromatic heterocycles. The lowest BCUT2D eigenvalue weighted by atomic mass is 10.1. The lowest BCUT2D eigenvalue weighted by molar-refractivity contribution is 0.151. The Hall–Kier alpha value is -2.15. The van der Waals surface area contributed by atoms with Crippen LogP contribution in [-0.2, 0) is 11.2 Å². The third-order valence-corrected chi connectivity index (χ3v) is 3.34. The summed E-state index contributed by atoms with van der Waals surface area (Å²) in [6.45, 7) is 2.01. The zero-order valence-corrected chi connectivity index (χ0v) is 11.9. The van der Waals surface area contributed by atoms with Crippen LogP contribution in [0, 0.1) is 6.92 Å². The summed E-state index contributed by atoms with van der Waals surface area (Å²) in [5, 5.41) is 3.92. The summed E-state index contributed by atoms with van der Waals surface area (Å²) in [6, 6.07) is 9.83. The smallest absolute Gasteiger partial charge is 0.404 e. The van der Waals surface area contributed by atoms with E-state index in [1.165, 1.54) is 11.5 Å². The zero-order valence-electron chi connectivity index (χ0n) is 11.1. The molecule has 0 aliphatic rings. The first-order chi connectivity index (χ1) is 9.63. The van der Waals surface area contributed by atoms with Crippen molar-refractivity contribution in [2.75, 3.05) is 11.9 Å². The molecule has 1 atom stereocenters. The quantitative estimate of drug-likeness (QED) is 0.849. The second-order valence-corrected chi connectivity index (χ2v) is 5.06. The van der Waals surface area contributed by atoms with Crippen LogP contribution in [0.1, 0.15) is 11.4 Å². The predicted molar refractivity (Wildman–Crippen MR) is 77.7 cm³/mol. The number of primary amides is 1. The molecule has 20 heavy (non-hydrogen) atoms. The van der Waals surface area contributed by atoms with Gasteiger partial charge in [-0.3, -0.25) is 0 Å². The van der Waals surface area contributed by atoms with E-state index in [1.54, 1.807) is 0 Å². The van der Waals surface area contributed by atoms with Crippen molar-refractivity contribution < 1.29 is 9.53 Å². The molecule has 1 aromatic carbocycles. The van der Waals surface area contributed by atoms with Gasteiger partial charge in [0.05, 0.1) is 6.04 Å². The fourth-order valence-electron chi connectivity index (χ4n) is 1.76. The van der Waals surface area contributed by atoms with Crippen LogP contribution in [0.4, 0.5) is 9.93 Å². The maximum Gasteiger partial charge on any atom is 0.404 e. The first-order valence-corrected chi connectivity index (χ1v) is 6.94. The Morgan fingerprint density at radius 3 is 2.80 bits per heavy atom. The molecule has 0 bridgehead atoms. The molecule has 2 rings (SSSR count). The number of benzene rings is 1. The minimum atomic E-state index is -0.779. The van der Waals surface area contributed by atoms with Crippen LogP contribution >= 0.6 is 11.5 Å². The standard InChI is InChI=1S/C13H16N4O2S/c1-9-15-13(20-17-9)16-11(8-19-12(14)18)7-10-5-3-2-4-6-10/h2-6,11H,7-8H2,1H3,(H2,14,18)(H,15,16,17). The molecule has 2 aromatic rings. The molecule has 0 saturated heterocycles. The number of carbonyl (C=O) groups excluding carboxylic acids is 1. The van der Waals surface area contributed by atoms with Crippen LogP contribution in [0.25, 0.3) is 0 Å². The minimum Gasteiger partial charge on any atom is -0.448 e. The summed E-state index contributed by atoms with van der Waals surface area (Å²) >= 11 is 1.28. The van der Waals surface area contributed by atoms with Crippen LogP contribution in [0.3, 0.4) is 0 Å². The van der Waals surface area contributed by atoms with Crippen molar-refractivity contribution in [3.8, 4) is 0 Å². The van der Waals surface area contributed by atoms with E-state index in [2.05, 4.69) is 14.7 Å². The first kappa shape index (κ1) is 14.3.